The van der Waals surface area contributed by atoms with E-state index in [9.17, 15) is 4.79 Å². The van der Waals surface area contributed by atoms with Gasteiger partial charge in [-0.1, -0.05) is 12.1 Å². The monoisotopic (exact) mass is 516 g/mol. The number of hydrogen-bond acceptors (Lipinski definition) is 5. The summed E-state index contributed by atoms with van der Waals surface area (Å²) in [4.78, 5) is 16.8. The van der Waals surface area contributed by atoms with Gasteiger partial charge in [0.15, 0.2) is 11.7 Å². The maximum Gasteiger partial charge on any atom is 0.411 e. The first-order valence-corrected chi connectivity index (χ1v) is 13.5. The number of carbonyl (C=O) groups excluding carboxylic acids is 1. The van der Waals surface area contributed by atoms with Crippen molar-refractivity contribution in [3.05, 3.63) is 48.0 Å². The van der Waals surface area contributed by atoms with Crippen molar-refractivity contribution in [3.8, 4) is 17.0 Å². The number of aliphatic imine (C=N–C) groups is 1. The Morgan fingerprint density at radius 1 is 1.13 bits per heavy atom. The molecule has 5 rings (SSSR count). The van der Waals surface area contributed by atoms with Crippen molar-refractivity contribution in [2.45, 2.75) is 65.0 Å². The number of benzene rings is 2. The molecular weight excluding hydrogens is 480 g/mol. The minimum absolute atomic E-state index is 0.193. The fraction of sp³-hybridized carbons (Fsp3) is 0.433. The third-order valence-electron chi connectivity index (χ3n) is 7.07. The lowest BCUT2D eigenvalue weighted by atomic mass is 9.92. The lowest BCUT2D eigenvalue weighted by Crippen LogP contribution is -2.19. The van der Waals surface area contributed by atoms with Gasteiger partial charge >= 0.3 is 6.09 Å². The van der Waals surface area contributed by atoms with Crippen molar-refractivity contribution in [2.75, 3.05) is 19.0 Å². The van der Waals surface area contributed by atoms with E-state index in [1.54, 1.807) is 7.11 Å². The Balaban J connectivity index is 1.64. The molecule has 0 saturated heterocycles. The molecule has 38 heavy (non-hydrogen) atoms. The maximum absolute atomic E-state index is 12.1. The van der Waals surface area contributed by atoms with Crippen LogP contribution in [0.25, 0.3) is 22.2 Å². The predicted octanol–water partition coefficient (Wildman–Crippen LogP) is 7.17. The van der Waals surface area contributed by atoms with E-state index in [-0.39, 0.29) is 11.9 Å². The Hall–Kier alpha value is -3.81. The lowest BCUT2D eigenvalue weighted by molar-refractivity contribution is 0.130. The van der Waals surface area contributed by atoms with Crippen LogP contribution in [0.15, 0.2) is 47.5 Å². The molecule has 0 aliphatic heterocycles. The molecule has 2 N–H and O–H groups in total. The fourth-order valence-corrected chi connectivity index (χ4v) is 4.97. The largest absolute Gasteiger partial charge is 0.494 e. The second kappa shape index (κ2) is 10.9. The summed E-state index contributed by atoms with van der Waals surface area (Å²) in [6.45, 7) is 6.20. The zero-order chi connectivity index (χ0) is 26.8. The molecule has 8 nitrogen and oxygen atoms in total. The van der Waals surface area contributed by atoms with Crippen molar-refractivity contribution in [3.63, 3.8) is 0 Å². The average molecular weight is 517 g/mol. The summed E-state index contributed by atoms with van der Waals surface area (Å²) >= 11 is 0. The van der Waals surface area contributed by atoms with Gasteiger partial charge < -0.3 is 18.8 Å². The molecular formula is C30H36N4O4. The zero-order valence-electron chi connectivity index (χ0n) is 22.5. The highest BCUT2D eigenvalue weighted by Gasteiger charge is 2.32. The van der Waals surface area contributed by atoms with E-state index in [4.69, 9.17) is 19.6 Å². The van der Waals surface area contributed by atoms with Crippen molar-refractivity contribution in [1.29, 1.82) is 5.41 Å². The molecule has 1 amide bonds. The van der Waals surface area contributed by atoms with Gasteiger partial charge in [0.2, 0.25) is 0 Å². The maximum atomic E-state index is 12.1. The van der Waals surface area contributed by atoms with Gasteiger partial charge in [-0.15, -0.1) is 0 Å². The highest BCUT2D eigenvalue weighted by molar-refractivity contribution is 6.17. The van der Waals surface area contributed by atoms with Crippen LogP contribution in [0.2, 0.25) is 0 Å². The molecule has 2 saturated carbocycles. The number of rotatable bonds is 8. The van der Waals surface area contributed by atoms with Crippen molar-refractivity contribution in [2.24, 2.45) is 10.9 Å². The molecule has 8 heteroatoms. The summed E-state index contributed by atoms with van der Waals surface area (Å²) in [6, 6.07) is 14.1. The summed E-state index contributed by atoms with van der Waals surface area (Å²) in [5.74, 6) is 1.92. The summed E-state index contributed by atoms with van der Waals surface area (Å²) in [5.41, 5.74) is 4.38. The molecule has 0 spiro atoms. The fourth-order valence-electron chi connectivity index (χ4n) is 4.97. The third-order valence-corrected chi connectivity index (χ3v) is 7.07. The SMILES string of the molecule is CCOc1ccc2c(C(=N)N=C(OC)C3CC3)c(-c3ccc(NC(=O)OC(C)C)cc3)n(C3CCC3)c2c1. The molecule has 2 aromatic carbocycles. The van der Waals surface area contributed by atoms with Gasteiger partial charge in [-0.3, -0.25) is 10.7 Å². The molecule has 1 heterocycles. The molecule has 2 aliphatic rings. The van der Waals surface area contributed by atoms with Crippen LogP contribution < -0.4 is 10.1 Å². The minimum Gasteiger partial charge on any atom is -0.494 e. The van der Waals surface area contributed by atoms with E-state index in [1.165, 1.54) is 6.42 Å². The number of nitrogens with one attached hydrogen (secondary N) is 2. The first kappa shape index (κ1) is 25.8. The minimum atomic E-state index is -0.483. The van der Waals surface area contributed by atoms with Gasteiger partial charge in [-0.25, -0.2) is 4.79 Å². The van der Waals surface area contributed by atoms with Crippen molar-refractivity contribution >= 4 is 34.4 Å². The molecule has 0 atom stereocenters. The first-order valence-electron chi connectivity index (χ1n) is 13.5. The highest BCUT2D eigenvalue weighted by atomic mass is 16.6. The molecule has 3 aromatic rings. The summed E-state index contributed by atoms with van der Waals surface area (Å²) in [6.07, 6.45) is 4.75. The summed E-state index contributed by atoms with van der Waals surface area (Å²) in [5, 5.41) is 12.9. The zero-order valence-corrected chi connectivity index (χ0v) is 22.5. The van der Waals surface area contributed by atoms with Gasteiger partial charge in [-0.2, -0.15) is 4.99 Å². The van der Waals surface area contributed by atoms with E-state index in [2.05, 4.69) is 20.9 Å². The smallest absolute Gasteiger partial charge is 0.411 e. The van der Waals surface area contributed by atoms with Crippen LogP contribution in [0.1, 0.15) is 64.5 Å². The summed E-state index contributed by atoms with van der Waals surface area (Å²) < 4.78 is 19.0. The van der Waals surface area contributed by atoms with Gasteiger partial charge in [0.25, 0.3) is 0 Å². The normalized spacial score (nSPS) is 15.9. The number of ether oxygens (including phenoxy) is 3. The number of amidine groups is 1. The van der Waals surface area contributed by atoms with Crippen LogP contribution in [-0.2, 0) is 9.47 Å². The molecule has 0 unspecified atom stereocenters. The lowest BCUT2D eigenvalue weighted by Gasteiger charge is -2.30. The van der Waals surface area contributed by atoms with Crippen LogP contribution in [0.4, 0.5) is 10.5 Å². The van der Waals surface area contributed by atoms with Gasteiger partial charge in [0.05, 0.1) is 36.6 Å². The van der Waals surface area contributed by atoms with E-state index in [1.807, 2.05) is 57.2 Å². The molecule has 2 fully saturated rings. The van der Waals surface area contributed by atoms with E-state index in [0.717, 1.165) is 59.2 Å². The Morgan fingerprint density at radius 2 is 1.87 bits per heavy atom. The quantitative estimate of drug-likeness (QED) is 0.245. The molecule has 0 bridgehead atoms. The van der Waals surface area contributed by atoms with Gasteiger partial charge in [0, 0.05) is 29.1 Å². The number of nitrogens with zero attached hydrogens (tertiary/aromatic N) is 2. The molecule has 200 valence electrons. The Labute approximate surface area is 223 Å². The Morgan fingerprint density at radius 3 is 2.45 bits per heavy atom. The number of fused-ring (bicyclic) bond motifs is 1. The molecule has 0 radical (unpaired) electrons. The van der Waals surface area contributed by atoms with Crippen LogP contribution in [0, 0.1) is 11.3 Å². The number of anilines is 1. The standard InChI is InChI=1S/C30H36N4O4/c1-5-37-23-15-16-24-25(17-23)34(22-7-6-8-22)27(26(24)28(31)33-29(36-4)20-9-10-20)19-11-13-21(14-12-19)32-30(35)38-18(2)3/h11-18,20,22,31H,5-10H2,1-4H3,(H,32,35). The van der Waals surface area contributed by atoms with Crippen molar-refractivity contribution < 1.29 is 19.0 Å². The topological polar surface area (TPSA) is 97.9 Å². The number of hydrogen-bond donors (Lipinski definition) is 2. The predicted molar refractivity (Wildman–Crippen MR) is 151 cm³/mol. The number of aromatic nitrogens is 1. The average Bonchev–Trinajstić information content (AvgIpc) is 3.64. The van der Waals surface area contributed by atoms with E-state index in [0.29, 0.717) is 30.2 Å². The molecule has 1 aromatic heterocycles. The van der Waals surface area contributed by atoms with Crippen LogP contribution in [0.5, 0.6) is 5.75 Å². The summed E-state index contributed by atoms with van der Waals surface area (Å²) in [7, 11) is 1.63. The van der Waals surface area contributed by atoms with Crippen molar-refractivity contribution in [1.82, 2.24) is 4.57 Å². The number of methoxy groups -OCH3 is 1. The van der Waals surface area contributed by atoms with E-state index >= 15 is 0 Å². The third kappa shape index (κ3) is 5.26. The van der Waals surface area contributed by atoms with Crippen LogP contribution >= 0.6 is 0 Å². The number of amides is 1. The second-order valence-electron chi connectivity index (χ2n) is 10.2. The van der Waals surface area contributed by atoms with Gasteiger partial charge in [-0.05, 0) is 82.7 Å². The number of carbonyl (C=O) groups is 1. The van der Waals surface area contributed by atoms with Gasteiger partial charge in [0.1, 0.15) is 5.75 Å². The van der Waals surface area contributed by atoms with E-state index < -0.39 is 6.09 Å². The first-order chi connectivity index (χ1) is 18.4. The Bertz CT molecular complexity index is 1370. The Kier molecular flexibility index (Phi) is 7.40. The molecule has 2 aliphatic carbocycles. The highest BCUT2D eigenvalue weighted by Crippen LogP contribution is 2.44. The van der Waals surface area contributed by atoms with Crippen LogP contribution in [0.3, 0.4) is 0 Å². The van der Waals surface area contributed by atoms with Crippen LogP contribution in [-0.4, -0.2) is 42.2 Å². The second-order valence-corrected chi connectivity index (χ2v) is 10.2.